The summed E-state index contributed by atoms with van der Waals surface area (Å²) in [5.74, 6) is 4.00. The zero-order chi connectivity index (χ0) is 32.9. The molecule has 48 heavy (non-hydrogen) atoms. The van der Waals surface area contributed by atoms with Crippen molar-refractivity contribution < 1.29 is 18.9 Å². The Bertz CT molecular complexity index is 2110. The van der Waals surface area contributed by atoms with Crippen molar-refractivity contribution >= 4 is 16.8 Å². The van der Waals surface area contributed by atoms with Crippen molar-refractivity contribution in [2.45, 2.75) is 37.7 Å². The van der Waals surface area contributed by atoms with Crippen molar-refractivity contribution in [3.05, 3.63) is 155 Å². The Morgan fingerprint density at radius 3 is 1.83 bits per heavy atom. The maximum absolute atomic E-state index is 7.54. The number of methoxy groups -OCH3 is 2. The lowest BCUT2D eigenvalue weighted by molar-refractivity contribution is 0.163. The number of hydrogen-bond acceptors (Lipinski definition) is 4. The third-order valence-electron chi connectivity index (χ3n) is 10.4. The number of fused-ring (bicyclic) bond motifs is 8. The molecule has 0 saturated carbocycles. The summed E-state index contributed by atoms with van der Waals surface area (Å²) in [5.41, 5.74) is 7.42. The molecule has 2 aliphatic rings. The number of para-hydroxylation sites is 1. The molecule has 1 heterocycles. The summed E-state index contributed by atoms with van der Waals surface area (Å²) in [6.45, 7) is 4.63. The standard InChI is InChI=1S/C44H38O4/c1-5-43(6-2)39-15-11-10-14-36(39)40-35-25-24-34(47-33-12-8-7-9-13-33)28-38(35)42-37(41(40)43)26-27-44(48-42,29-16-20-31(45-3)21-17-29)30-18-22-32(46-4)23-19-30/h7-28H,5-6H2,1-4H3. The summed E-state index contributed by atoms with van der Waals surface area (Å²) in [5, 5.41) is 2.18. The Hall–Kier alpha value is -5.48. The van der Waals surface area contributed by atoms with Gasteiger partial charge in [-0.05, 0) is 101 Å². The molecular formula is C44H38O4. The van der Waals surface area contributed by atoms with E-state index in [-0.39, 0.29) is 5.41 Å². The highest BCUT2D eigenvalue weighted by atomic mass is 16.5. The number of ether oxygens (including phenoxy) is 4. The van der Waals surface area contributed by atoms with E-state index in [1.807, 2.05) is 54.6 Å². The smallest absolute Gasteiger partial charge is 0.178 e. The fraction of sp³-hybridized carbons (Fsp3) is 0.182. The molecule has 0 atom stereocenters. The number of benzene rings is 6. The topological polar surface area (TPSA) is 36.9 Å². The molecule has 0 bridgehead atoms. The van der Waals surface area contributed by atoms with Gasteiger partial charge >= 0.3 is 0 Å². The van der Waals surface area contributed by atoms with Crippen LogP contribution >= 0.6 is 0 Å². The second-order valence-corrected chi connectivity index (χ2v) is 12.6. The quantitative estimate of drug-likeness (QED) is 0.168. The second-order valence-electron chi connectivity index (χ2n) is 12.6. The van der Waals surface area contributed by atoms with E-state index in [4.69, 9.17) is 18.9 Å². The van der Waals surface area contributed by atoms with E-state index in [1.54, 1.807) is 14.2 Å². The van der Waals surface area contributed by atoms with Crippen molar-refractivity contribution in [1.82, 2.24) is 0 Å². The molecule has 4 heteroatoms. The molecule has 6 aromatic rings. The molecule has 8 rings (SSSR count). The predicted octanol–water partition coefficient (Wildman–Crippen LogP) is 11.1. The van der Waals surface area contributed by atoms with E-state index in [2.05, 4.69) is 92.7 Å². The second kappa shape index (κ2) is 11.6. The van der Waals surface area contributed by atoms with Crippen LogP contribution in [0.4, 0.5) is 0 Å². The molecule has 1 aliphatic carbocycles. The van der Waals surface area contributed by atoms with Crippen LogP contribution in [0.5, 0.6) is 28.7 Å². The molecule has 0 amide bonds. The van der Waals surface area contributed by atoms with Crippen LogP contribution in [-0.4, -0.2) is 14.2 Å². The maximum atomic E-state index is 7.54. The number of rotatable bonds is 8. The molecule has 0 fully saturated rings. The highest BCUT2D eigenvalue weighted by Gasteiger charge is 2.46. The van der Waals surface area contributed by atoms with Gasteiger partial charge in [-0.25, -0.2) is 0 Å². The van der Waals surface area contributed by atoms with Gasteiger partial charge in [0.05, 0.1) is 14.2 Å². The Morgan fingerprint density at radius 1 is 0.604 bits per heavy atom. The van der Waals surface area contributed by atoms with Crippen LogP contribution in [0.15, 0.2) is 127 Å². The normalized spacial score (nSPS) is 14.8. The molecular weight excluding hydrogens is 592 g/mol. The van der Waals surface area contributed by atoms with Gasteiger partial charge in [-0.1, -0.05) is 86.7 Å². The molecule has 4 nitrogen and oxygen atoms in total. The van der Waals surface area contributed by atoms with Crippen molar-refractivity contribution in [2.24, 2.45) is 0 Å². The van der Waals surface area contributed by atoms with Gasteiger partial charge in [-0.2, -0.15) is 0 Å². The van der Waals surface area contributed by atoms with Gasteiger partial charge in [0.2, 0.25) is 0 Å². The van der Waals surface area contributed by atoms with Crippen molar-refractivity contribution in [1.29, 1.82) is 0 Å². The van der Waals surface area contributed by atoms with E-state index in [0.29, 0.717) is 0 Å². The summed E-state index contributed by atoms with van der Waals surface area (Å²) in [4.78, 5) is 0. The molecule has 0 saturated heterocycles. The lowest BCUT2D eigenvalue weighted by Crippen LogP contribution is -2.35. The van der Waals surface area contributed by atoms with E-state index >= 15 is 0 Å². The minimum Gasteiger partial charge on any atom is -0.497 e. The third-order valence-corrected chi connectivity index (χ3v) is 10.4. The summed E-state index contributed by atoms with van der Waals surface area (Å²) in [6, 6.07) is 41.7. The first kappa shape index (κ1) is 29.9. The third kappa shape index (κ3) is 4.43. The van der Waals surface area contributed by atoms with Crippen LogP contribution in [0.3, 0.4) is 0 Å². The fourth-order valence-electron chi connectivity index (χ4n) is 7.98. The molecule has 0 radical (unpaired) electrons. The molecule has 238 valence electrons. The Labute approximate surface area is 282 Å². The van der Waals surface area contributed by atoms with E-state index in [1.165, 1.54) is 22.3 Å². The van der Waals surface area contributed by atoms with Crippen LogP contribution in [0.1, 0.15) is 54.5 Å². The highest BCUT2D eigenvalue weighted by Crippen LogP contribution is 2.60. The molecule has 0 aromatic heterocycles. The van der Waals surface area contributed by atoms with Gasteiger partial charge < -0.3 is 18.9 Å². The minimum absolute atomic E-state index is 0.142. The van der Waals surface area contributed by atoms with E-state index < -0.39 is 5.60 Å². The van der Waals surface area contributed by atoms with Gasteiger partial charge in [0, 0.05) is 27.5 Å². The van der Waals surface area contributed by atoms with E-state index in [0.717, 1.165) is 69.1 Å². The Balaban J connectivity index is 1.43. The first-order valence-electron chi connectivity index (χ1n) is 16.7. The van der Waals surface area contributed by atoms with Crippen molar-refractivity contribution in [3.8, 4) is 39.9 Å². The van der Waals surface area contributed by atoms with Gasteiger partial charge in [0.25, 0.3) is 0 Å². The largest absolute Gasteiger partial charge is 0.497 e. The zero-order valence-corrected chi connectivity index (χ0v) is 27.7. The molecule has 6 aromatic carbocycles. The van der Waals surface area contributed by atoms with Crippen molar-refractivity contribution in [2.75, 3.05) is 14.2 Å². The summed E-state index contributed by atoms with van der Waals surface area (Å²) in [7, 11) is 3.38. The van der Waals surface area contributed by atoms with Crippen LogP contribution in [-0.2, 0) is 11.0 Å². The lowest BCUT2D eigenvalue weighted by Gasteiger charge is -2.39. The first-order valence-corrected chi connectivity index (χ1v) is 16.7. The van der Waals surface area contributed by atoms with Crippen LogP contribution in [0.25, 0.3) is 28.0 Å². The lowest BCUT2D eigenvalue weighted by atomic mass is 9.71. The highest BCUT2D eigenvalue weighted by molar-refractivity contribution is 6.09. The Morgan fingerprint density at radius 2 is 1.21 bits per heavy atom. The van der Waals surface area contributed by atoms with Crippen LogP contribution in [0, 0.1) is 0 Å². The molecule has 0 unspecified atom stereocenters. The minimum atomic E-state index is -0.907. The predicted molar refractivity (Wildman–Crippen MR) is 194 cm³/mol. The van der Waals surface area contributed by atoms with Gasteiger partial charge in [-0.15, -0.1) is 0 Å². The number of hydrogen-bond donors (Lipinski definition) is 0. The van der Waals surface area contributed by atoms with Crippen molar-refractivity contribution in [3.63, 3.8) is 0 Å². The van der Waals surface area contributed by atoms with Gasteiger partial charge in [0.15, 0.2) is 5.60 Å². The summed E-state index contributed by atoms with van der Waals surface area (Å²) in [6.07, 6.45) is 6.50. The monoisotopic (exact) mass is 630 g/mol. The first-order chi connectivity index (χ1) is 23.5. The average Bonchev–Trinajstić information content (AvgIpc) is 3.46. The molecule has 0 N–H and O–H groups in total. The average molecular weight is 631 g/mol. The summed E-state index contributed by atoms with van der Waals surface area (Å²) >= 11 is 0. The SMILES string of the molecule is CCC1(CC)c2ccccc2-c2c1c1c(c3cc(Oc4ccccc4)ccc23)OC(c2ccc(OC)cc2)(c2ccc(OC)cc2)C=C1. The Kier molecular flexibility index (Phi) is 7.25. The van der Waals surface area contributed by atoms with Crippen LogP contribution in [0.2, 0.25) is 0 Å². The molecule has 1 aliphatic heterocycles. The fourth-order valence-corrected chi connectivity index (χ4v) is 7.98. The summed E-state index contributed by atoms with van der Waals surface area (Å²) < 4.78 is 25.0. The molecule has 0 spiro atoms. The van der Waals surface area contributed by atoms with E-state index in [9.17, 15) is 0 Å². The van der Waals surface area contributed by atoms with Gasteiger partial charge in [-0.3, -0.25) is 0 Å². The van der Waals surface area contributed by atoms with Crippen LogP contribution < -0.4 is 18.9 Å². The van der Waals surface area contributed by atoms with Gasteiger partial charge in [0.1, 0.15) is 28.7 Å². The zero-order valence-electron chi connectivity index (χ0n) is 27.7. The maximum Gasteiger partial charge on any atom is 0.178 e.